The summed E-state index contributed by atoms with van der Waals surface area (Å²) in [6.07, 6.45) is 0. The van der Waals surface area contributed by atoms with Crippen LogP contribution in [0.4, 0.5) is 4.39 Å². The Hall–Kier alpha value is -2.20. The summed E-state index contributed by atoms with van der Waals surface area (Å²) in [4.78, 5) is 0. The van der Waals surface area contributed by atoms with E-state index in [1.807, 2.05) is 37.3 Å². The number of hydrogen-bond donors (Lipinski definition) is 0. The number of rotatable bonds is 2. The highest BCUT2D eigenvalue weighted by Crippen LogP contribution is 2.27. The minimum atomic E-state index is -0.325. The molecule has 20 heavy (non-hydrogen) atoms. The summed E-state index contributed by atoms with van der Waals surface area (Å²) in [5.41, 5.74) is 2.40. The van der Waals surface area contributed by atoms with E-state index in [1.54, 1.807) is 10.6 Å². The third-order valence-corrected chi connectivity index (χ3v) is 3.31. The molecule has 2 aromatic carbocycles. The quantitative estimate of drug-likeness (QED) is 0.712. The number of benzene rings is 2. The second kappa shape index (κ2) is 5.06. The molecule has 0 saturated carbocycles. The van der Waals surface area contributed by atoms with Crippen molar-refractivity contribution in [1.82, 2.24) is 14.8 Å². The molecule has 0 radical (unpaired) electrons. The lowest BCUT2D eigenvalue weighted by molar-refractivity contribution is 0.626. The monoisotopic (exact) mass is 287 g/mol. The van der Waals surface area contributed by atoms with E-state index < -0.39 is 0 Å². The first-order chi connectivity index (χ1) is 9.66. The minimum absolute atomic E-state index is 0.206. The second-order valence-corrected chi connectivity index (χ2v) is 4.76. The number of aryl methyl sites for hydroxylation is 1. The molecule has 0 spiro atoms. The third kappa shape index (κ3) is 2.18. The maximum Gasteiger partial charge on any atom is 0.229 e. The van der Waals surface area contributed by atoms with E-state index in [9.17, 15) is 4.39 Å². The van der Waals surface area contributed by atoms with Gasteiger partial charge in [-0.2, -0.15) is 0 Å². The molecule has 0 aliphatic rings. The topological polar surface area (TPSA) is 30.7 Å². The van der Waals surface area contributed by atoms with Crippen LogP contribution in [0.2, 0.25) is 5.28 Å². The van der Waals surface area contributed by atoms with Gasteiger partial charge >= 0.3 is 0 Å². The summed E-state index contributed by atoms with van der Waals surface area (Å²) in [6.45, 7) is 1.89. The summed E-state index contributed by atoms with van der Waals surface area (Å²) < 4.78 is 15.2. The summed E-state index contributed by atoms with van der Waals surface area (Å²) in [5, 5.41) is 8.19. The van der Waals surface area contributed by atoms with Crippen LogP contribution in [-0.4, -0.2) is 14.8 Å². The molecule has 0 bridgehead atoms. The zero-order chi connectivity index (χ0) is 14.1. The molecule has 0 fully saturated rings. The highest BCUT2D eigenvalue weighted by atomic mass is 35.5. The van der Waals surface area contributed by atoms with Gasteiger partial charge < -0.3 is 0 Å². The first-order valence-electron chi connectivity index (χ1n) is 6.09. The van der Waals surface area contributed by atoms with E-state index in [-0.39, 0.29) is 11.1 Å². The molecule has 0 aliphatic heterocycles. The van der Waals surface area contributed by atoms with E-state index >= 15 is 0 Å². The zero-order valence-electron chi connectivity index (χ0n) is 10.7. The lowest BCUT2D eigenvalue weighted by Crippen LogP contribution is -2.01. The Labute approximate surface area is 120 Å². The van der Waals surface area contributed by atoms with Gasteiger partial charge in [-0.1, -0.05) is 36.4 Å². The van der Waals surface area contributed by atoms with Crippen molar-refractivity contribution in [2.75, 3.05) is 0 Å². The molecule has 0 atom stereocenters. The van der Waals surface area contributed by atoms with Gasteiger partial charge in [-0.15, -0.1) is 10.2 Å². The molecule has 0 unspecified atom stereocenters. The fourth-order valence-corrected chi connectivity index (χ4v) is 2.29. The Balaban J connectivity index is 2.24. The Morgan fingerprint density at radius 1 is 1.05 bits per heavy atom. The van der Waals surface area contributed by atoms with Gasteiger partial charge in [-0.05, 0) is 36.2 Å². The summed E-state index contributed by atoms with van der Waals surface area (Å²) in [5.74, 6) is 0.263. The maximum absolute atomic E-state index is 13.5. The molecule has 0 aliphatic carbocycles. The summed E-state index contributed by atoms with van der Waals surface area (Å²) in [6, 6.07) is 14.1. The van der Waals surface area contributed by atoms with Crippen LogP contribution in [0.25, 0.3) is 17.1 Å². The van der Waals surface area contributed by atoms with E-state index in [0.29, 0.717) is 11.5 Å². The number of nitrogens with zero attached hydrogens (tertiary/aromatic N) is 3. The molecule has 100 valence electrons. The lowest BCUT2D eigenvalue weighted by Gasteiger charge is -2.11. The molecule has 0 amide bonds. The second-order valence-electron chi connectivity index (χ2n) is 4.42. The number of aromatic nitrogens is 3. The number of halogens is 2. The normalized spacial score (nSPS) is 10.8. The predicted molar refractivity (Wildman–Crippen MR) is 76.5 cm³/mol. The molecular weight excluding hydrogens is 277 g/mol. The Bertz CT molecular complexity index is 753. The van der Waals surface area contributed by atoms with Crippen molar-refractivity contribution >= 4 is 11.6 Å². The van der Waals surface area contributed by atoms with Crippen LogP contribution in [0.1, 0.15) is 5.56 Å². The van der Waals surface area contributed by atoms with Crippen molar-refractivity contribution in [2.24, 2.45) is 0 Å². The average molecular weight is 288 g/mol. The van der Waals surface area contributed by atoms with Gasteiger partial charge in [0.25, 0.3) is 0 Å². The molecule has 1 heterocycles. The summed E-state index contributed by atoms with van der Waals surface area (Å²) >= 11 is 6.12. The van der Waals surface area contributed by atoms with Crippen LogP contribution >= 0.6 is 11.6 Å². The Morgan fingerprint density at radius 2 is 1.80 bits per heavy atom. The average Bonchev–Trinajstić information content (AvgIpc) is 2.84. The van der Waals surface area contributed by atoms with E-state index in [2.05, 4.69) is 10.2 Å². The molecule has 3 aromatic rings. The highest BCUT2D eigenvalue weighted by molar-refractivity contribution is 6.28. The first kappa shape index (κ1) is 12.8. The number of hydrogen-bond acceptors (Lipinski definition) is 2. The van der Waals surface area contributed by atoms with Gasteiger partial charge in [0.15, 0.2) is 5.82 Å². The van der Waals surface area contributed by atoms with Crippen molar-refractivity contribution in [2.45, 2.75) is 6.92 Å². The lowest BCUT2D eigenvalue weighted by atomic mass is 10.1. The first-order valence-corrected chi connectivity index (χ1v) is 6.47. The minimum Gasteiger partial charge on any atom is -0.265 e. The zero-order valence-corrected chi connectivity index (χ0v) is 11.5. The van der Waals surface area contributed by atoms with Crippen LogP contribution in [0.5, 0.6) is 0 Å². The third-order valence-electron chi connectivity index (χ3n) is 3.07. The van der Waals surface area contributed by atoms with Gasteiger partial charge in [-0.3, -0.25) is 4.57 Å². The van der Waals surface area contributed by atoms with Gasteiger partial charge in [0.2, 0.25) is 5.28 Å². The Kier molecular flexibility index (Phi) is 3.24. The molecule has 3 rings (SSSR count). The molecule has 1 aromatic heterocycles. The van der Waals surface area contributed by atoms with Gasteiger partial charge in [0, 0.05) is 5.56 Å². The van der Waals surface area contributed by atoms with Crippen LogP contribution in [0.3, 0.4) is 0 Å². The predicted octanol–water partition coefficient (Wildman–Crippen LogP) is 4.04. The smallest absolute Gasteiger partial charge is 0.229 e. The van der Waals surface area contributed by atoms with Gasteiger partial charge in [0.05, 0.1) is 5.69 Å². The van der Waals surface area contributed by atoms with Crippen molar-refractivity contribution < 1.29 is 4.39 Å². The largest absolute Gasteiger partial charge is 0.265 e. The molecule has 0 saturated heterocycles. The van der Waals surface area contributed by atoms with Crippen molar-refractivity contribution in [3.63, 3.8) is 0 Å². The fourth-order valence-electron chi connectivity index (χ4n) is 2.08. The van der Waals surface area contributed by atoms with Crippen LogP contribution in [0.15, 0.2) is 48.5 Å². The molecule has 0 N–H and O–H groups in total. The van der Waals surface area contributed by atoms with Crippen molar-refractivity contribution in [1.29, 1.82) is 0 Å². The standard InChI is InChI=1S/C15H11ClFN3/c1-10-7-8-12(17)9-13(10)20-14(18-19-15(20)16)11-5-3-2-4-6-11/h2-9H,1H3. The molecule has 3 nitrogen and oxygen atoms in total. The molecular formula is C15H11ClFN3. The van der Waals surface area contributed by atoms with Crippen LogP contribution in [-0.2, 0) is 0 Å². The fraction of sp³-hybridized carbons (Fsp3) is 0.0667. The van der Waals surface area contributed by atoms with E-state index in [4.69, 9.17) is 11.6 Å². The summed E-state index contributed by atoms with van der Waals surface area (Å²) in [7, 11) is 0. The van der Waals surface area contributed by atoms with Crippen LogP contribution in [0, 0.1) is 12.7 Å². The van der Waals surface area contributed by atoms with E-state index in [1.165, 1.54) is 12.1 Å². The van der Waals surface area contributed by atoms with Crippen molar-refractivity contribution in [3.8, 4) is 17.1 Å². The van der Waals surface area contributed by atoms with Gasteiger partial charge in [-0.25, -0.2) is 4.39 Å². The van der Waals surface area contributed by atoms with Gasteiger partial charge in [0.1, 0.15) is 5.82 Å². The van der Waals surface area contributed by atoms with E-state index in [0.717, 1.165) is 11.1 Å². The highest BCUT2D eigenvalue weighted by Gasteiger charge is 2.15. The maximum atomic E-state index is 13.5. The SMILES string of the molecule is Cc1ccc(F)cc1-n1c(Cl)nnc1-c1ccccc1. The molecule has 5 heteroatoms. The van der Waals surface area contributed by atoms with Crippen LogP contribution < -0.4 is 0 Å². The van der Waals surface area contributed by atoms with Crippen molar-refractivity contribution in [3.05, 3.63) is 65.2 Å². The Morgan fingerprint density at radius 3 is 2.55 bits per heavy atom.